The number of piperidine rings is 3. The predicted molar refractivity (Wildman–Crippen MR) is 116 cm³/mol. The molecule has 1 aliphatic carbocycles. The molecule has 0 aromatic carbocycles. The van der Waals surface area contributed by atoms with Crippen molar-refractivity contribution in [3.8, 4) is 0 Å². The van der Waals surface area contributed by atoms with Crippen molar-refractivity contribution in [2.45, 2.75) is 62.7 Å². The Bertz CT molecular complexity index is 850. The van der Waals surface area contributed by atoms with E-state index in [1.165, 1.54) is 5.56 Å². The van der Waals surface area contributed by atoms with Crippen molar-refractivity contribution in [1.82, 2.24) is 20.1 Å². The van der Waals surface area contributed by atoms with Crippen molar-refractivity contribution in [1.29, 1.82) is 0 Å². The largest absolute Gasteiger partial charge is 0.394 e. The summed E-state index contributed by atoms with van der Waals surface area (Å²) >= 11 is 0. The van der Waals surface area contributed by atoms with Crippen LogP contribution < -0.4 is 5.32 Å². The Hall–Kier alpha value is -2.25. The van der Waals surface area contributed by atoms with Gasteiger partial charge in [-0.15, -0.1) is 0 Å². The molecule has 0 radical (unpaired) electrons. The van der Waals surface area contributed by atoms with E-state index in [0.717, 1.165) is 38.9 Å². The molecule has 4 heterocycles. The van der Waals surface area contributed by atoms with E-state index in [1.54, 1.807) is 6.20 Å². The molecule has 0 saturated carbocycles. The molecule has 2 amide bonds. The van der Waals surface area contributed by atoms with Crippen molar-refractivity contribution in [3.63, 3.8) is 0 Å². The zero-order chi connectivity index (χ0) is 21.4. The highest BCUT2D eigenvalue weighted by molar-refractivity contribution is 5.89. The summed E-state index contributed by atoms with van der Waals surface area (Å²) in [5.74, 6) is 0.543. The van der Waals surface area contributed by atoms with E-state index < -0.39 is 11.6 Å². The number of nitrogens with zero attached hydrogens (tertiary/aromatic N) is 3. The van der Waals surface area contributed by atoms with Crippen LogP contribution in [0.25, 0.3) is 0 Å². The van der Waals surface area contributed by atoms with Gasteiger partial charge in [-0.1, -0.05) is 18.2 Å². The minimum absolute atomic E-state index is 0.0870. The first-order valence-electron chi connectivity index (χ1n) is 11.6. The van der Waals surface area contributed by atoms with Crippen LogP contribution in [0.15, 0.2) is 36.7 Å². The minimum atomic E-state index is -0.619. The first-order valence-corrected chi connectivity index (χ1v) is 11.6. The summed E-state index contributed by atoms with van der Waals surface area (Å²) in [7, 11) is 0. The molecule has 4 atom stereocenters. The van der Waals surface area contributed by atoms with Crippen molar-refractivity contribution in [2.75, 3.05) is 19.7 Å². The van der Waals surface area contributed by atoms with Crippen LogP contribution in [0.4, 0.5) is 0 Å². The van der Waals surface area contributed by atoms with Gasteiger partial charge in [-0.3, -0.25) is 19.5 Å². The molecule has 166 valence electrons. The molecule has 3 fully saturated rings. The van der Waals surface area contributed by atoms with Gasteiger partial charge in [0.2, 0.25) is 11.8 Å². The third-order valence-corrected chi connectivity index (χ3v) is 7.69. The summed E-state index contributed by atoms with van der Waals surface area (Å²) in [4.78, 5) is 35.2. The van der Waals surface area contributed by atoms with E-state index in [-0.39, 0.29) is 30.4 Å². The molecule has 0 unspecified atom stereocenters. The van der Waals surface area contributed by atoms with E-state index in [2.05, 4.69) is 21.3 Å². The molecule has 2 N–H and O–H groups in total. The molecule has 7 nitrogen and oxygen atoms in total. The highest BCUT2D eigenvalue weighted by Gasteiger charge is 2.52. The lowest BCUT2D eigenvalue weighted by Crippen LogP contribution is -2.69. The fourth-order valence-electron chi connectivity index (χ4n) is 6.28. The second kappa shape index (κ2) is 8.36. The highest BCUT2D eigenvalue weighted by atomic mass is 16.3. The van der Waals surface area contributed by atoms with Crippen LogP contribution in [0.2, 0.25) is 0 Å². The van der Waals surface area contributed by atoms with Gasteiger partial charge in [-0.05, 0) is 49.7 Å². The third kappa shape index (κ3) is 3.89. The van der Waals surface area contributed by atoms with Gasteiger partial charge in [-0.2, -0.15) is 0 Å². The minimum Gasteiger partial charge on any atom is -0.394 e. The average Bonchev–Trinajstić information content (AvgIpc) is 3.24. The van der Waals surface area contributed by atoms with E-state index in [9.17, 15) is 14.7 Å². The molecule has 4 aliphatic rings. The molecule has 1 aromatic heterocycles. The first kappa shape index (κ1) is 20.6. The van der Waals surface area contributed by atoms with Gasteiger partial charge in [0.1, 0.15) is 6.04 Å². The molecule has 2 bridgehead atoms. The van der Waals surface area contributed by atoms with Crippen LogP contribution >= 0.6 is 0 Å². The number of fused-ring (bicyclic) bond motifs is 4. The van der Waals surface area contributed by atoms with Gasteiger partial charge in [0.15, 0.2) is 0 Å². The van der Waals surface area contributed by atoms with Crippen molar-refractivity contribution >= 4 is 11.8 Å². The second-order valence-corrected chi connectivity index (χ2v) is 9.82. The molecule has 1 aromatic rings. The molecular weight excluding hydrogens is 392 g/mol. The predicted octanol–water partition coefficient (Wildman–Crippen LogP) is 1.48. The van der Waals surface area contributed by atoms with Crippen molar-refractivity contribution in [2.24, 2.45) is 11.8 Å². The summed E-state index contributed by atoms with van der Waals surface area (Å²) in [6.07, 6.45) is 12.4. The van der Waals surface area contributed by atoms with Gasteiger partial charge in [0.25, 0.3) is 0 Å². The number of rotatable bonds is 5. The number of nitrogens with one attached hydrogen (secondary N) is 1. The molecule has 31 heavy (non-hydrogen) atoms. The molecule has 5 rings (SSSR count). The number of aliphatic hydroxyl groups is 1. The van der Waals surface area contributed by atoms with Crippen molar-refractivity contribution < 1.29 is 14.7 Å². The Morgan fingerprint density at radius 3 is 2.81 bits per heavy atom. The summed E-state index contributed by atoms with van der Waals surface area (Å²) in [6.45, 7) is 2.49. The summed E-state index contributed by atoms with van der Waals surface area (Å²) < 4.78 is 0. The van der Waals surface area contributed by atoms with Gasteiger partial charge < -0.3 is 15.3 Å². The fraction of sp³-hybridized carbons (Fsp3) is 0.625. The second-order valence-electron chi connectivity index (χ2n) is 9.82. The number of pyridine rings is 1. The third-order valence-electron chi connectivity index (χ3n) is 7.69. The topological polar surface area (TPSA) is 85.8 Å². The molecule has 3 saturated heterocycles. The van der Waals surface area contributed by atoms with E-state index in [4.69, 9.17) is 0 Å². The lowest BCUT2D eigenvalue weighted by molar-refractivity contribution is -0.161. The number of hydrogen-bond donors (Lipinski definition) is 2. The Labute approximate surface area is 183 Å². The lowest BCUT2D eigenvalue weighted by Gasteiger charge is -2.56. The van der Waals surface area contributed by atoms with Crippen LogP contribution in [0.3, 0.4) is 0 Å². The first-order chi connectivity index (χ1) is 15.1. The van der Waals surface area contributed by atoms with Crippen LogP contribution in [-0.4, -0.2) is 69.0 Å². The number of carbonyl (C=O) groups is 2. The van der Waals surface area contributed by atoms with Crippen LogP contribution in [0, 0.1) is 11.8 Å². The smallest absolute Gasteiger partial charge is 0.243 e. The number of hydrogen-bond acceptors (Lipinski definition) is 5. The van der Waals surface area contributed by atoms with Gasteiger partial charge in [0.05, 0.1) is 12.1 Å². The van der Waals surface area contributed by atoms with Crippen LogP contribution in [-0.2, 0) is 16.1 Å². The monoisotopic (exact) mass is 424 g/mol. The number of aromatic nitrogens is 1. The Morgan fingerprint density at radius 1 is 1.26 bits per heavy atom. The zero-order valence-corrected chi connectivity index (χ0v) is 17.9. The summed E-state index contributed by atoms with van der Waals surface area (Å²) in [6, 6.07) is 3.74. The van der Waals surface area contributed by atoms with Gasteiger partial charge in [-0.25, -0.2) is 0 Å². The quantitative estimate of drug-likeness (QED) is 0.700. The molecule has 3 aliphatic heterocycles. The molecule has 7 heteroatoms. The maximum absolute atomic E-state index is 13.6. The molecular formula is C24H32N4O3. The normalized spacial score (nSPS) is 32.0. The highest BCUT2D eigenvalue weighted by Crippen LogP contribution is 2.42. The maximum atomic E-state index is 13.6. The lowest BCUT2D eigenvalue weighted by atomic mass is 9.71. The number of carbonyl (C=O) groups excluding carboxylic acids is 2. The Balaban J connectivity index is 1.39. The van der Waals surface area contributed by atoms with Crippen LogP contribution in [0.1, 0.15) is 44.1 Å². The van der Waals surface area contributed by atoms with Gasteiger partial charge in [0, 0.05) is 50.4 Å². The zero-order valence-electron chi connectivity index (χ0n) is 17.9. The Morgan fingerprint density at radius 2 is 2.06 bits per heavy atom. The van der Waals surface area contributed by atoms with E-state index in [0.29, 0.717) is 25.2 Å². The maximum Gasteiger partial charge on any atom is 0.243 e. The van der Waals surface area contributed by atoms with E-state index >= 15 is 0 Å². The Kier molecular flexibility index (Phi) is 5.56. The summed E-state index contributed by atoms with van der Waals surface area (Å²) in [5, 5.41) is 13.1. The molecule has 0 spiro atoms. The fourth-order valence-corrected chi connectivity index (χ4v) is 6.28. The average molecular weight is 425 g/mol. The van der Waals surface area contributed by atoms with E-state index in [1.807, 2.05) is 29.3 Å². The standard InChI is InChI=1S/C24H32N4O3/c29-16-24(8-1-2-9-24)26-23(31)22-19-11-18(20-6-3-7-21(30)28(20)22)14-27(15-19)13-17-5-4-10-25-12-17/h1-2,4-5,10,12,18-20,22,29H,3,6-9,11,13-16H2,(H,26,31)/t18-,19+,20+,22-/m1/s1. The number of aliphatic hydroxyl groups excluding tert-OH is 1. The van der Waals surface area contributed by atoms with Gasteiger partial charge >= 0.3 is 0 Å². The number of amides is 2. The SMILES string of the molecule is O=C(NC1(CO)CC=CC1)[C@H]1[C@H]2C[C@H](CN(Cc3cccnc3)C2)[C@@H]2CCCC(=O)N21. The number of likely N-dealkylation sites (tertiary alicyclic amines) is 1. The van der Waals surface area contributed by atoms with Crippen LogP contribution in [0.5, 0.6) is 0 Å². The summed E-state index contributed by atoms with van der Waals surface area (Å²) in [5.41, 5.74) is 0.558. The van der Waals surface area contributed by atoms with Crippen molar-refractivity contribution in [3.05, 3.63) is 42.2 Å².